The molecule has 2 rings (SSSR count). The minimum atomic E-state index is 0.219. The highest BCUT2D eigenvalue weighted by Gasteiger charge is 2.22. The molecule has 0 aromatic carbocycles. The molecule has 0 radical (unpaired) electrons. The van der Waals surface area contributed by atoms with Gasteiger partial charge >= 0.3 is 0 Å². The Morgan fingerprint density at radius 2 is 2.12 bits per heavy atom. The third-order valence-electron chi connectivity index (χ3n) is 2.23. The van der Waals surface area contributed by atoms with Crippen LogP contribution < -0.4 is 5.73 Å². The molecule has 0 spiro atoms. The molecule has 0 fully saturated rings. The summed E-state index contributed by atoms with van der Waals surface area (Å²) in [6.07, 6.45) is 0. The van der Waals surface area contributed by atoms with Crippen molar-refractivity contribution < 1.29 is 4.52 Å². The molecule has 0 saturated carbocycles. The largest absolute Gasteiger partial charge is 0.381 e. The first-order valence-corrected chi connectivity index (χ1v) is 6.28. The smallest absolute Gasteiger partial charge is 0.174 e. The van der Waals surface area contributed by atoms with E-state index in [0.717, 1.165) is 11.1 Å². The molecule has 0 bridgehead atoms. The normalized spacial score (nSPS) is 11.3. The summed E-state index contributed by atoms with van der Waals surface area (Å²) in [5.41, 5.74) is 7.38. The zero-order chi connectivity index (χ0) is 11.9. The number of anilines is 1. The van der Waals surface area contributed by atoms with Gasteiger partial charge in [-0.25, -0.2) is 0 Å². The molecule has 2 aromatic rings. The molecule has 0 atom stereocenters. The summed E-state index contributed by atoms with van der Waals surface area (Å²) in [4.78, 5) is 0. The monoisotopic (exact) mass is 276 g/mol. The van der Waals surface area contributed by atoms with Crippen LogP contribution in [0.4, 0.5) is 5.82 Å². The summed E-state index contributed by atoms with van der Waals surface area (Å²) < 4.78 is 6.43. The summed E-state index contributed by atoms with van der Waals surface area (Å²) in [7, 11) is 0. The van der Waals surface area contributed by atoms with Crippen LogP contribution in [0.2, 0.25) is 8.67 Å². The fourth-order valence-corrected chi connectivity index (χ4v) is 3.02. The summed E-state index contributed by atoms with van der Waals surface area (Å²) in [6, 6.07) is 1.76. The van der Waals surface area contributed by atoms with Crippen LogP contribution in [0, 0.1) is 0 Å². The molecule has 0 aliphatic carbocycles. The number of rotatable bonds is 2. The lowest BCUT2D eigenvalue weighted by Gasteiger charge is -2.03. The number of aromatic nitrogens is 1. The van der Waals surface area contributed by atoms with Gasteiger partial charge in [-0.15, -0.1) is 11.3 Å². The average molecular weight is 277 g/mol. The highest BCUT2D eigenvalue weighted by atomic mass is 35.5. The molecule has 3 nitrogen and oxygen atoms in total. The van der Waals surface area contributed by atoms with Gasteiger partial charge in [0.05, 0.1) is 9.90 Å². The topological polar surface area (TPSA) is 52.0 Å². The molecule has 2 N–H and O–H groups in total. The molecule has 86 valence electrons. The highest BCUT2D eigenvalue weighted by molar-refractivity contribution is 7.20. The number of nitrogen functional groups attached to an aromatic ring is 1. The van der Waals surface area contributed by atoms with Crippen molar-refractivity contribution in [3.8, 4) is 11.3 Å². The SMILES string of the molecule is CC(C)c1c(N)noc1-c1cc(Cl)sc1Cl. The molecular weight excluding hydrogens is 267 g/mol. The predicted molar refractivity (Wildman–Crippen MR) is 68.3 cm³/mol. The number of hydrogen-bond donors (Lipinski definition) is 1. The van der Waals surface area contributed by atoms with Crippen LogP contribution in [0.3, 0.4) is 0 Å². The van der Waals surface area contributed by atoms with Gasteiger partial charge in [-0.2, -0.15) is 0 Å². The van der Waals surface area contributed by atoms with Gasteiger partial charge in [0.1, 0.15) is 4.34 Å². The molecule has 6 heteroatoms. The lowest BCUT2D eigenvalue weighted by atomic mass is 10.0. The van der Waals surface area contributed by atoms with Crippen molar-refractivity contribution in [2.45, 2.75) is 19.8 Å². The molecule has 16 heavy (non-hydrogen) atoms. The van der Waals surface area contributed by atoms with E-state index in [4.69, 9.17) is 33.5 Å². The highest BCUT2D eigenvalue weighted by Crippen LogP contribution is 2.42. The van der Waals surface area contributed by atoms with Crippen molar-refractivity contribution in [3.63, 3.8) is 0 Å². The second-order valence-electron chi connectivity index (χ2n) is 3.70. The van der Waals surface area contributed by atoms with Crippen LogP contribution in [-0.2, 0) is 0 Å². The van der Waals surface area contributed by atoms with Crippen LogP contribution in [0.1, 0.15) is 25.3 Å². The van der Waals surface area contributed by atoms with Crippen LogP contribution in [0.15, 0.2) is 10.6 Å². The minimum absolute atomic E-state index is 0.219. The quantitative estimate of drug-likeness (QED) is 0.884. The van der Waals surface area contributed by atoms with Crippen molar-refractivity contribution in [1.82, 2.24) is 5.16 Å². The zero-order valence-corrected chi connectivity index (χ0v) is 11.1. The third-order valence-corrected chi connectivity index (χ3v) is 3.72. The van der Waals surface area contributed by atoms with Gasteiger partial charge in [-0.05, 0) is 12.0 Å². The molecule has 2 aromatic heterocycles. The van der Waals surface area contributed by atoms with Crippen LogP contribution in [0.5, 0.6) is 0 Å². The maximum absolute atomic E-state index is 6.07. The van der Waals surface area contributed by atoms with E-state index in [-0.39, 0.29) is 5.92 Å². The van der Waals surface area contributed by atoms with Crippen molar-refractivity contribution in [2.24, 2.45) is 0 Å². The van der Waals surface area contributed by atoms with Crippen molar-refractivity contribution in [1.29, 1.82) is 0 Å². The first kappa shape index (κ1) is 11.8. The summed E-state index contributed by atoms with van der Waals surface area (Å²) in [5, 5.41) is 3.77. The number of halogens is 2. The van der Waals surface area contributed by atoms with E-state index >= 15 is 0 Å². The average Bonchev–Trinajstić information content (AvgIpc) is 2.69. The molecule has 0 aliphatic heterocycles. The summed E-state index contributed by atoms with van der Waals surface area (Å²) >= 11 is 13.3. The maximum Gasteiger partial charge on any atom is 0.174 e. The fraction of sp³-hybridized carbons (Fsp3) is 0.300. The Morgan fingerprint density at radius 1 is 1.44 bits per heavy atom. The molecular formula is C10H10Cl2N2OS. The molecule has 0 aliphatic rings. The van der Waals surface area contributed by atoms with Gasteiger partial charge in [-0.3, -0.25) is 0 Å². The Balaban J connectivity index is 2.60. The molecule has 0 saturated heterocycles. The van der Waals surface area contributed by atoms with Gasteiger partial charge in [0.15, 0.2) is 11.6 Å². The second-order valence-corrected chi connectivity index (χ2v) is 5.99. The molecule has 2 heterocycles. The lowest BCUT2D eigenvalue weighted by Crippen LogP contribution is -1.94. The number of nitrogens with zero attached hydrogens (tertiary/aromatic N) is 1. The Morgan fingerprint density at radius 3 is 2.62 bits per heavy atom. The standard InChI is InChI=1S/C10H10Cl2N2OS/c1-4(2)7-8(15-14-10(7)13)5-3-6(11)16-9(5)12/h3-4H,1-2H3,(H2,13,14). The summed E-state index contributed by atoms with van der Waals surface area (Å²) in [5.74, 6) is 1.24. The van der Waals surface area contributed by atoms with E-state index < -0.39 is 0 Å². The Kier molecular flexibility index (Phi) is 3.15. The van der Waals surface area contributed by atoms with E-state index in [1.54, 1.807) is 6.07 Å². The maximum atomic E-state index is 6.07. The number of thiophene rings is 1. The first-order valence-electron chi connectivity index (χ1n) is 4.71. The van der Waals surface area contributed by atoms with E-state index in [2.05, 4.69) is 5.16 Å². The Labute approximate surface area is 107 Å². The van der Waals surface area contributed by atoms with Crippen LogP contribution in [-0.4, -0.2) is 5.16 Å². The van der Waals surface area contributed by atoms with E-state index in [1.807, 2.05) is 13.8 Å². The van der Waals surface area contributed by atoms with Crippen molar-refractivity contribution in [3.05, 3.63) is 20.3 Å². The lowest BCUT2D eigenvalue weighted by molar-refractivity contribution is 0.435. The van der Waals surface area contributed by atoms with Gasteiger partial charge < -0.3 is 10.3 Å². The van der Waals surface area contributed by atoms with Crippen molar-refractivity contribution >= 4 is 40.4 Å². The van der Waals surface area contributed by atoms with Crippen LogP contribution in [0.25, 0.3) is 11.3 Å². The van der Waals surface area contributed by atoms with Crippen molar-refractivity contribution in [2.75, 3.05) is 5.73 Å². The number of nitrogens with two attached hydrogens (primary N) is 1. The van der Waals surface area contributed by atoms with E-state index in [9.17, 15) is 0 Å². The second kappa shape index (κ2) is 4.28. The van der Waals surface area contributed by atoms with E-state index in [0.29, 0.717) is 20.3 Å². The molecule has 0 unspecified atom stereocenters. The van der Waals surface area contributed by atoms with Gasteiger partial charge in [0, 0.05) is 5.56 Å². The minimum Gasteiger partial charge on any atom is -0.381 e. The fourth-order valence-electron chi connectivity index (χ4n) is 1.56. The summed E-state index contributed by atoms with van der Waals surface area (Å²) in [6.45, 7) is 4.04. The van der Waals surface area contributed by atoms with Crippen LogP contribution >= 0.6 is 34.5 Å². The third kappa shape index (κ3) is 1.93. The van der Waals surface area contributed by atoms with Gasteiger partial charge in [0.2, 0.25) is 0 Å². The van der Waals surface area contributed by atoms with Gasteiger partial charge in [-0.1, -0.05) is 42.2 Å². The Hall–Kier alpha value is -0.710. The Bertz CT molecular complexity index is 519. The predicted octanol–water partition coefficient (Wildman–Crippen LogP) is 4.42. The first-order chi connectivity index (χ1) is 7.50. The molecule has 0 amide bonds. The van der Waals surface area contributed by atoms with Gasteiger partial charge in [0.25, 0.3) is 0 Å². The van der Waals surface area contributed by atoms with E-state index in [1.165, 1.54) is 11.3 Å². The number of hydrogen-bond acceptors (Lipinski definition) is 4. The zero-order valence-electron chi connectivity index (χ0n) is 8.75.